The summed E-state index contributed by atoms with van der Waals surface area (Å²) in [6.45, 7) is 3.83. The van der Waals surface area contributed by atoms with E-state index in [0.717, 1.165) is 23.4 Å². The Hall–Kier alpha value is -2.97. The molecule has 0 radical (unpaired) electrons. The molecule has 0 unspecified atom stereocenters. The maximum atomic E-state index is 12.9. The van der Waals surface area contributed by atoms with Crippen LogP contribution in [0.4, 0.5) is 0 Å². The molecule has 4 rings (SSSR count). The van der Waals surface area contributed by atoms with E-state index >= 15 is 0 Å². The lowest BCUT2D eigenvalue weighted by Gasteiger charge is -2.27. The van der Waals surface area contributed by atoms with Crippen molar-refractivity contribution in [2.24, 2.45) is 14.1 Å². The van der Waals surface area contributed by atoms with Crippen LogP contribution in [0.25, 0.3) is 11.5 Å². The molecule has 0 aromatic carbocycles. The Morgan fingerprint density at radius 1 is 1.32 bits per heavy atom. The largest absolute Gasteiger partial charge is 0.332 e. The van der Waals surface area contributed by atoms with Gasteiger partial charge in [0.15, 0.2) is 5.82 Å². The Balaban J connectivity index is 1.69. The van der Waals surface area contributed by atoms with E-state index in [0.29, 0.717) is 31.2 Å². The Kier molecular flexibility index (Phi) is 3.63. The van der Waals surface area contributed by atoms with Gasteiger partial charge in [0.25, 0.3) is 5.91 Å². The molecule has 0 aliphatic carbocycles. The third-order valence-corrected chi connectivity index (χ3v) is 4.69. The number of fused-ring (bicyclic) bond motifs is 1. The number of amides is 1. The number of carbonyl (C=O) groups is 1. The van der Waals surface area contributed by atoms with E-state index in [-0.39, 0.29) is 5.91 Å². The molecule has 25 heavy (non-hydrogen) atoms. The maximum Gasteiger partial charge on any atom is 0.272 e. The lowest BCUT2D eigenvalue weighted by Crippen LogP contribution is -2.37. The molecule has 0 atom stereocenters. The summed E-state index contributed by atoms with van der Waals surface area (Å²) in [6.07, 6.45) is 4.09. The van der Waals surface area contributed by atoms with Crippen LogP contribution < -0.4 is 0 Å². The summed E-state index contributed by atoms with van der Waals surface area (Å²) in [5.41, 5.74) is 3.60. The van der Waals surface area contributed by atoms with E-state index < -0.39 is 0 Å². The average Bonchev–Trinajstić information content (AvgIpc) is 3.33. The van der Waals surface area contributed by atoms with E-state index in [1.54, 1.807) is 23.3 Å². The van der Waals surface area contributed by atoms with Crippen LogP contribution in [0.15, 0.2) is 18.6 Å². The third kappa shape index (κ3) is 2.43. The van der Waals surface area contributed by atoms with Gasteiger partial charge in [-0.2, -0.15) is 10.2 Å². The van der Waals surface area contributed by atoms with Crippen LogP contribution in [-0.4, -0.2) is 51.7 Å². The molecule has 1 aliphatic heterocycles. The molecular formula is C16H20N8O. The van der Waals surface area contributed by atoms with Crippen molar-refractivity contribution in [3.63, 3.8) is 0 Å². The number of carbonyl (C=O) groups excluding carboxylic acids is 1. The second-order valence-corrected chi connectivity index (χ2v) is 6.17. The minimum Gasteiger partial charge on any atom is -0.332 e. The molecule has 0 fully saturated rings. The van der Waals surface area contributed by atoms with Gasteiger partial charge >= 0.3 is 0 Å². The molecule has 9 nitrogen and oxygen atoms in total. The number of aryl methyl sites for hydroxylation is 3. The summed E-state index contributed by atoms with van der Waals surface area (Å²) < 4.78 is 5.46. The first-order valence-corrected chi connectivity index (χ1v) is 8.30. The first-order valence-electron chi connectivity index (χ1n) is 8.30. The number of hydrogen-bond donors (Lipinski definition) is 0. The molecule has 0 spiro atoms. The van der Waals surface area contributed by atoms with Crippen LogP contribution in [0.5, 0.6) is 0 Å². The summed E-state index contributed by atoms with van der Waals surface area (Å²) in [7, 11) is 3.82. The van der Waals surface area contributed by atoms with Gasteiger partial charge in [-0.15, -0.1) is 10.2 Å². The Morgan fingerprint density at radius 2 is 2.16 bits per heavy atom. The molecule has 4 heterocycles. The minimum atomic E-state index is -0.00207. The van der Waals surface area contributed by atoms with Crippen molar-refractivity contribution in [1.29, 1.82) is 0 Å². The van der Waals surface area contributed by atoms with Crippen LogP contribution in [0.2, 0.25) is 0 Å². The zero-order valence-electron chi connectivity index (χ0n) is 14.5. The fourth-order valence-corrected chi connectivity index (χ4v) is 3.37. The van der Waals surface area contributed by atoms with Crippen molar-refractivity contribution < 1.29 is 4.79 Å². The van der Waals surface area contributed by atoms with E-state index in [9.17, 15) is 4.79 Å². The molecule has 0 saturated heterocycles. The fraction of sp³-hybridized carbons (Fsp3) is 0.438. The monoisotopic (exact) mass is 340 g/mol. The van der Waals surface area contributed by atoms with Crippen LogP contribution in [0.3, 0.4) is 0 Å². The molecule has 0 bridgehead atoms. The molecular weight excluding hydrogens is 320 g/mol. The Morgan fingerprint density at radius 3 is 2.88 bits per heavy atom. The van der Waals surface area contributed by atoms with Gasteiger partial charge in [-0.05, 0) is 13.0 Å². The highest BCUT2D eigenvalue weighted by Crippen LogP contribution is 2.28. The molecule has 0 N–H and O–H groups in total. The van der Waals surface area contributed by atoms with Crippen molar-refractivity contribution in [2.75, 3.05) is 6.54 Å². The first-order chi connectivity index (χ1) is 12.1. The zero-order chi connectivity index (χ0) is 17.6. The van der Waals surface area contributed by atoms with Gasteiger partial charge in [-0.1, -0.05) is 0 Å². The van der Waals surface area contributed by atoms with Gasteiger partial charge in [0, 0.05) is 51.1 Å². The van der Waals surface area contributed by atoms with Gasteiger partial charge in [0.1, 0.15) is 17.7 Å². The predicted octanol–water partition coefficient (Wildman–Crippen LogP) is 0.630. The molecule has 3 aromatic heterocycles. The zero-order valence-corrected chi connectivity index (χ0v) is 14.5. The van der Waals surface area contributed by atoms with Gasteiger partial charge in [-0.25, -0.2) is 0 Å². The number of rotatable bonds is 3. The molecule has 0 saturated carbocycles. The highest BCUT2D eigenvalue weighted by molar-refractivity contribution is 5.92. The summed E-state index contributed by atoms with van der Waals surface area (Å²) >= 11 is 0. The van der Waals surface area contributed by atoms with Gasteiger partial charge in [-0.3, -0.25) is 14.2 Å². The second kappa shape index (κ2) is 5.83. The van der Waals surface area contributed by atoms with Crippen molar-refractivity contribution in [1.82, 2.24) is 39.2 Å². The number of nitrogens with zero attached hydrogens (tertiary/aromatic N) is 8. The van der Waals surface area contributed by atoms with E-state index in [2.05, 4.69) is 20.4 Å². The van der Waals surface area contributed by atoms with Crippen molar-refractivity contribution in [3.8, 4) is 11.5 Å². The normalized spacial score (nSPS) is 14.0. The SMILES string of the molecule is CCn1nccc1C(=O)N1CCc2c(c(-c3nncn3C)nn2C)C1. The molecule has 3 aromatic rings. The highest BCUT2D eigenvalue weighted by atomic mass is 16.2. The van der Waals surface area contributed by atoms with Gasteiger partial charge in [0.05, 0.1) is 6.54 Å². The third-order valence-electron chi connectivity index (χ3n) is 4.69. The fourth-order valence-electron chi connectivity index (χ4n) is 3.37. The molecule has 9 heteroatoms. The first kappa shape index (κ1) is 15.6. The standard InChI is InChI=1S/C16H20N8O/c1-4-24-13(5-7-18-24)16(25)23-8-6-12-11(9-23)14(20-22(12)3)15-19-17-10-21(15)2/h5,7,10H,4,6,8-9H2,1-3H3. The van der Waals surface area contributed by atoms with Crippen LogP contribution in [-0.2, 0) is 33.6 Å². The summed E-state index contributed by atoms with van der Waals surface area (Å²) in [5.74, 6) is 0.711. The highest BCUT2D eigenvalue weighted by Gasteiger charge is 2.30. The predicted molar refractivity (Wildman–Crippen MR) is 89.6 cm³/mol. The molecule has 1 aliphatic rings. The lowest BCUT2D eigenvalue weighted by molar-refractivity contribution is 0.0721. The lowest BCUT2D eigenvalue weighted by atomic mass is 10.0. The number of hydrogen-bond acceptors (Lipinski definition) is 5. The van der Waals surface area contributed by atoms with Crippen LogP contribution in [0.1, 0.15) is 28.7 Å². The second-order valence-electron chi connectivity index (χ2n) is 6.17. The Labute approximate surface area is 144 Å². The Bertz CT molecular complexity index is 934. The average molecular weight is 340 g/mol. The maximum absolute atomic E-state index is 12.9. The summed E-state index contributed by atoms with van der Waals surface area (Å²) in [6, 6.07) is 1.77. The number of aromatic nitrogens is 7. The van der Waals surface area contributed by atoms with Crippen molar-refractivity contribution >= 4 is 5.91 Å². The topological polar surface area (TPSA) is 86.7 Å². The van der Waals surface area contributed by atoms with Gasteiger partial charge < -0.3 is 9.47 Å². The van der Waals surface area contributed by atoms with Crippen LogP contribution in [0, 0.1) is 0 Å². The van der Waals surface area contributed by atoms with E-state index in [1.165, 1.54) is 0 Å². The smallest absolute Gasteiger partial charge is 0.272 e. The van der Waals surface area contributed by atoms with E-state index in [1.807, 2.05) is 35.2 Å². The summed E-state index contributed by atoms with van der Waals surface area (Å²) in [4.78, 5) is 14.8. The minimum absolute atomic E-state index is 0.00207. The van der Waals surface area contributed by atoms with Crippen molar-refractivity contribution in [3.05, 3.63) is 35.5 Å². The molecule has 1 amide bonds. The molecule has 130 valence electrons. The summed E-state index contributed by atoms with van der Waals surface area (Å²) in [5, 5.41) is 16.9. The van der Waals surface area contributed by atoms with Gasteiger partial charge in [0.2, 0.25) is 0 Å². The van der Waals surface area contributed by atoms with Crippen molar-refractivity contribution in [2.45, 2.75) is 26.4 Å². The van der Waals surface area contributed by atoms with E-state index in [4.69, 9.17) is 0 Å². The quantitative estimate of drug-likeness (QED) is 0.698. The van der Waals surface area contributed by atoms with Crippen LogP contribution >= 0.6 is 0 Å².